The molecule has 1 aliphatic carbocycles. The normalized spacial score (nSPS) is 37.5. The van der Waals surface area contributed by atoms with Gasteiger partial charge in [-0.3, -0.25) is 4.79 Å². The molecule has 0 N–H and O–H groups in total. The van der Waals surface area contributed by atoms with Crippen molar-refractivity contribution < 1.29 is 4.79 Å². The quantitative estimate of drug-likeness (QED) is 0.511. The number of allylic oxidation sites excluding steroid dienone is 2. The highest BCUT2D eigenvalue weighted by Crippen LogP contribution is 2.47. The first-order chi connectivity index (χ1) is 5.77. The first-order valence-corrected chi connectivity index (χ1v) is 5.44. The van der Waals surface area contributed by atoms with Crippen LogP contribution in [0.15, 0.2) is 12.2 Å². The molecule has 0 saturated carbocycles. The van der Waals surface area contributed by atoms with E-state index in [1.54, 1.807) is 6.92 Å². The Hall–Kier alpha value is -0.110. The molecule has 74 valence electrons. The molecule has 0 spiro atoms. The van der Waals surface area contributed by atoms with Crippen molar-refractivity contribution in [3.8, 4) is 0 Å². The Morgan fingerprint density at radius 3 is 2.31 bits per heavy atom. The van der Waals surface area contributed by atoms with Crippen LogP contribution in [-0.4, -0.2) is 10.1 Å². The number of hydrogen-bond donors (Lipinski definition) is 0. The lowest BCUT2D eigenvalue weighted by atomic mass is 9.65. The molecule has 0 amide bonds. The van der Waals surface area contributed by atoms with Gasteiger partial charge in [0.15, 0.2) is 0 Å². The molecule has 2 atom stereocenters. The van der Waals surface area contributed by atoms with Crippen LogP contribution in [0.5, 0.6) is 0 Å². The van der Waals surface area contributed by atoms with E-state index < -0.39 is 0 Å². The first-order valence-electron chi connectivity index (χ1n) is 4.64. The second-order valence-electron chi connectivity index (χ2n) is 4.79. The molecule has 0 bridgehead atoms. The largest absolute Gasteiger partial charge is 0.300 e. The minimum Gasteiger partial charge on any atom is -0.300 e. The van der Waals surface area contributed by atoms with Crippen molar-refractivity contribution in [1.82, 2.24) is 0 Å². The Bertz CT molecular complexity index is 251. The fourth-order valence-electron chi connectivity index (χ4n) is 2.52. The van der Waals surface area contributed by atoms with Crippen LogP contribution in [0.25, 0.3) is 0 Å². The molecule has 0 fully saturated rings. The van der Waals surface area contributed by atoms with Gasteiger partial charge in [0, 0.05) is 5.92 Å². The molecule has 0 saturated heterocycles. The fraction of sp³-hybridized carbons (Fsp3) is 0.727. The van der Waals surface area contributed by atoms with Gasteiger partial charge in [0.25, 0.3) is 0 Å². The Balaban J connectivity index is 3.09. The third-order valence-corrected chi connectivity index (χ3v) is 3.56. The number of carbonyl (C=O) groups is 1. The van der Waals surface area contributed by atoms with E-state index in [0.717, 1.165) is 6.42 Å². The van der Waals surface area contributed by atoms with Crippen molar-refractivity contribution in [2.75, 3.05) is 0 Å². The average molecular weight is 245 g/mol. The Morgan fingerprint density at radius 2 is 2.00 bits per heavy atom. The summed E-state index contributed by atoms with van der Waals surface area (Å²) in [6.45, 7) is 8.06. The van der Waals surface area contributed by atoms with Gasteiger partial charge >= 0.3 is 0 Å². The maximum atomic E-state index is 11.6. The molecule has 0 aliphatic heterocycles. The number of ketones is 1. The predicted octanol–water partition coefficient (Wildman–Crippen LogP) is 3.33. The maximum Gasteiger partial charge on any atom is 0.135 e. The van der Waals surface area contributed by atoms with Crippen molar-refractivity contribution >= 4 is 21.7 Å². The van der Waals surface area contributed by atoms with Crippen molar-refractivity contribution in [3.05, 3.63) is 12.2 Å². The second-order valence-corrected chi connectivity index (χ2v) is 6.50. The summed E-state index contributed by atoms with van der Waals surface area (Å²) in [6.07, 6.45) is 5.25. The zero-order valence-corrected chi connectivity index (χ0v) is 10.3. The van der Waals surface area contributed by atoms with Crippen LogP contribution in [0.4, 0.5) is 0 Å². The molecule has 1 nitrogen and oxygen atoms in total. The highest BCUT2D eigenvalue weighted by molar-refractivity contribution is 9.10. The third-order valence-electron chi connectivity index (χ3n) is 2.84. The van der Waals surface area contributed by atoms with Gasteiger partial charge in [-0.05, 0) is 25.7 Å². The van der Waals surface area contributed by atoms with Crippen LogP contribution >= 0.6 is 15.9 Å². The summed E-state index contributed by atoms with van der Waals surface area (Å²) >= 11 is 3.63. The number of carbonyl (C=O) groups excluding carboxylic acids is 1. The van der Waals surface area contributed by atoms with E-state index in [-0.39, 0.29) is 21.4 Å². The van der Waals surface area contributed by atoms with Crippen molar-refractivity contribution in [3.63, 3.8) is 0 Å². The predicted molar refractivity (Wildman–Crippen MR) is 59.0 cm³/mol. The maximum absolute atomic E-state index is 11.6. The third kappa shape index (κ3) is 2.04. The lowest BCUT2D eigenvalue weighted by Gasteiger charge is -2.43. The van der Waals surface area contributed by atoms with Gasteiger partial charge in [-0.15, -0.1) is 0 Å². The van der Waals surface area contributed by atoms with Crippen molar-refractivity contribution in [2.24, 2.45) is 11.3 Å². The standard InChI is InChI=1S/C11H17BrO/c1-8(13)9-10(2,3)6-5-7-11(9,4)12/h5,7,9H,6H2,1-4H3/t9-,11+/m0/s1. The van der Waals surface area contributed by atoms with Gasteiger partial charge in [-0.2, -0.15) is 0 Å². The molecule has 0 heterocycles. The van der Waals surface area contributed by atoms with Crippen LogP contribution < -0.4 is 0 Å². The Morgan fingerprint density at radius 1 is 1.46 bits per heavy atom. The molecule has 13 heavy (non-hydrogen) atoms. The van der Waals surface area contributed by atoms with Gasteiger partial charge in [0.2, 0.25) is 0 Å². The summed E-state index contributed by atoms with van der Waals surface area (Å²) in [7, 11) is 0. The first kappa shape index (κ1) is 11.0. The van der Waals surface area contributed by atoms with Gasteiger partial charge in [-0.25, -0.2) is 0 Å². The van der Waals surface area contributed by atoms with Gasteiger partial charge < -0.3 is 0 Å². The zero-order valence-electron chi connectivity index (χ0n) is 8.73. The summed E-state index contributed by atoms with van der Waals surface area (Å²) in [4.78, 5) is 11.6. The van der Waals surface area contributed by atoms with Crippen molar-refractivity contribution in [1.29, 1.82) is 0 Å². The molecule has 0 aromatic carbocycles. The van der Waals surface area contributed by atoms with E-state index in [4.69, 9.17) is 0 Å². The van der Waals surface area contributed by atoms with Gasteiger partial charge in [0.05, 0.1) is 4.32 Å². The van der Waals surface area contributed by atoms with E-state index in [0.29, 0.717) is 0 Å². The molecule has 0 aromatic rings. The number of hydrogen-bond acceptors (Lipinski definition) is 1. The Kier molecular flexibility index (Phi) is 2.73. The summed E-state index contributed by atoms with van der Waals surface area (Å²) in [6, 6.07) is 0. The molecule has 2 heteroatoms. The lowest BCUT2D eigenvalue weighted by Crippen LogP contribution is -2.44. The molecule has 0 radical (unpaired) electrons. The van der Waals surface area contributed by atoms with Crippen LogP contribution in [0, 0.1) is 11.3 Å². The minimum absolute atomic E-state index is 0.0683. The topological polar surface area (TPSA) is 17.1 Å². The monoisotopic (exact) mass is 244 g/mol. The molecular weight excluding hydrogens is 228 g/mol. The highest BCUT2D eigenvalue weighted by atomic mass is 79.9. The van der Waals surface area contributed by atoms with E-state index in [1.807, 2.05) is 0 Å². The van der Waals surface area contributed by atoms with Crippen LogP contribution in [0.1, 0.15) is 34.1 Å². The van der Waals surface area contributed by atoms with E-state index in [9.17, 15) is 4.79 Å². The molecule has 0 unspecified atom stereocenters. The van der Waals surface area contributed by atoms with Gasteiger partial charge in [0.1, 0.15) is 5.78 Å². The summed E-state index contributed by atoms with van der Waals surface area (Å²) in [5, 5.41) is 0. The zero-order chi connectivity index (χ0) is 10.3. The number of alkyl halides is 1. The number of rotatable bonds is 1. The Labute approximate surface area is 88.7 Å². The summed E-state index contributed by atoms with van der Waals surface area (Å²) < 4.78 is -0.166. The highest BCUT2D eigenvalue weighted by Gasteiger charge is 2.45. The average Bonchev–Trinajstić information content (AvgIpc) is 1.79. The fourth-order valence-corrected chi connectivity index (χ4v) is 3.65. The summed E-state index contributed by atoms with van der Waals surface area (Å²) in [5.41, 5.74) is 0.0683. The SMILES string of the molecule is CC(=O)[C@H]1C(C)(C)CC=C[C@@]1(C)Br. The van der Waals surface area contributed by atoms with Crippen LogP contribution in [0.3, 0.4) is 0 Å². The molecular formula is C11H17BrO. The van der Waals surface area contributed by atoms with E-state index >= 15 is 0 Å². The number of halogens is 1. The second kappa shape index (κ2) is 3.23. The molecule has 0 aromatic heterocycles. The molecule has 1 rings (SSSR count). The van der Waals surface area contributed by atoms with Gasteiger partial charge in [-0.1, -0.05) is 41.9 Å². The van der Waals surface area contributed by atoms with E-state index in [2.05, 4.69) is 48.9 Å². The van der Waals surface area contributed by atoms with Crippen LogP contribution in [0.2, 0.25) is 0 Å². The minimum atomic E-state index is -0.166. The van der Waals surface area contributed by atoms with Crippen molar-refractivity contribution in [2.45, 2.75) is 38.4 Å². The lowest BCUT2D eigenvalue weighted by molar-refractivity contribution is -0.125. The van der Waals surface area contributed by atoms with E-state index in [1.165, 1.54) is 0 Å². The number of Topliss-reactive ketones (excluding diaryl/α,β-unsaturated/α-hetero) is 1. The summed E-state index contributed by atoms with van der Waals surface area (Å²) in [5.74, 6) is 0.346. The van der Waals surface area contributed by atoms with Crippen LogP contribution in [-0.2, 0) is 4.79 Å². The molecule has 1 aliphatic rings. The smallest absolute Gasteiger partial charge is 0.135 e.